The zero-order valence-electron chi connectivity index (χ0n) is 16.7. The van der Waals surface area contributed by atoms with E-state index < -0.39 is 21.8 Å². The molecule has 0 unspecified atom stereocenters. The first-order valence-corrected chi connectivity index (χ1v) is 11.5. The summed E-state index contributed by atoms with van der Waals surface area (Å²) >= 11 is 0. The van der Waals surface area contributed by atoms with Gasteiger partial charge in [-0.25, -0.2) is 13.4 Å². The first-order chi connectivity index (χ1) is 13.7. The van der Waals surface area contributed by atoms with Crippen molar-refractivity contribution < 1.29 is 17.9 Å². The van der Waals surface area contributed by atoms with Crippen molar-refractivity contribution in [3.63, 3.8) is 0 Å². The van der Waals surface area contributed by atoms with Crippen LogP contribution in [0.1, 0.15) is 48.8 Å². The lowest BCUT2D eigenvalue weighted by Gasteiger charge is -2.31. The maximum atomic E-state index is 12.8. The number of nitrogens with zero attached hydrogens (tertiary/aromatic N) is 2. The van der Waals surface area contributed by atoms with Gasteiger partial charge in [-0.3, -0.25) is 4.79 Å². The topological polar surface area (TPSA) is 98.2 Å². The predicted octanol–water partition coefficient (Wildman–Crippen LogP) is 3.46. The lowest BCUT2D eigenvalue weighted by Crippen LogP contribution is -2.32. The van der Waals surface area contributed by atoms with E-state index >= 15 is 0 Å². The Kier molecular flexibility index (Phi) is 6.32. The van der Waals surface area contributed by atoms with Gasteiger partial charge in [-0.2, -0.15) is 4.98 Å². The van der Waals surface area contributed by atoms with Crippen molar-refractivity contribution in [1.29, 1.82) is 0 Å². The van der Waals surface area contributed by atoms with Crippen LogP contribution in [0.3, 0.4) is 0 Å². The summed E-state index contributed by atoms with van der Waals surface area (Å²) in [6.45, 7) is 3.87. The van der Waals surface area contributed by atoms with Crippen LogP contribution < -0.4 is 10.1 Å². The average Bonchev–Trinajstić information content (AvgIpc) is 2.64. The summed E-state index contributed by atoms with van der Waals surface area (Å²) in [5.74, 6) is 1.92. The molecule has 7 nitrogen and oxygen atoms in total. The summed E-state index contributed by atoms with van der Waals surface area (Å²) in [6, 6.07) is 8.62. The molecule has 1 aromatic carbocycles. The Morgan fingerprint density at radius 1 is 1.28 bits per heavy atom. The van der Waals surface area contributed by atoms with E-state index in [-0.39, 0.29) is 17.4 Å². The highest BCUT2D eigenvalue weighted by molar-refractivity contribution is 7.93. The predicted molar refractivity (Wildman–Crippen MR) is 111 cm³/mol. The number of amides is 1. The van der Waals surface area contributed by atoms with E-state index in [1.165, 1.54) is 12.3 Å². The highest BCUT2D eigenvalue weighted by Gasteiger charge is 2.30. The fraction of sp³-hybridized carbons (Fsp3) is 0.381. The minimum absolute atomic E-state index is 0.192. The Balaban J connectivity index is 1.84. The Labute approximate surface area is 171 Å². The van der Waals surface area contributed by atoms with Crippen LogP contribution in [0, 0.1) is 5.92 Å². The smallest absolute Gasteiger partial charge is 0.258 e. The highest BCUT2D eigenvalue weighted by Crippen LogP contribution is 2.40. The molecule has 0 bridgehead atoms. The minimum Gasteiger partial charge on any atom is -0.438 e. The van der Waals surface area contributed by atoms with Gasteiger partial charge in [0.1, 0.15) is 17.1 Å². The molecule has 1 aliphatic carbocycles. The number of para-hydroxylation sites is 1. The zero-order chi connectivity index (χ0) is 21.0. The monoisotopic (exact) mass is 415 g/mol. The third-order valence-electron chi connectivity index (χ3n) is 4.69. The molecule has 1 aromatic heterocycles. The van der Waals surface area contributed by atoms with Gasteiger partial charge >= 0.3 is 0 Å². The maximum absolute atomic E-state index is 12.8. The molecule has 0 spiro atoms. The molecular formula is C21H25N3O4S. The molecule has 1 aliphatic rings. The van der Waals surface area contributed by atoms with E-state index in [9.17, 15) is 13.2 Å². The number of carbonyl (C=O) groups excluding carboxylic acids is 1. The molecule has 0 saturated heterocycles. The van der Waals surface area contributed by atoms with E-state index in [4.69, 9.17) is 4.74 Å². The van der Waals surface area contributed by atoms with E-state index in [0.29, 0.717) is 17.5 Å². The average molecular weight is 416 g/mol. The third-order valence-corrected chi connectivity index (χ3v) is 5.34. The summed E-state index contributed by atoms with van der Waals surface area (Å²) in [5, 5.41) is 3.79. The Morgan fingerprint density at radius 2 is 1.97 bits per heavy atom. The van der Waals surface area contributed by atoms with Gasteiger partial charge < -0.3 is 10.1 Å². The van der Waals surface area contributed by atoms with Crippen LogP contribution in [0.5, 0.6) is 11.6 Å². The molecule has 1 fully saturated rings. The molecule has 8 heteroatoms. The number of sulfone groups is 1. The normalized spacial score (nSPS) is 20.1. The molecule has 1 saturated carbocycles. The van der Waals surface area contributed by atoms with Crippen molar-refractivity contribution >= 4 is 15.7 Å². The molecular weight excluding hydrogens is 390 g/mol. The van der Waals surface area contributed by atoms with Gasteiger partial charge in [0.25, 0.3) is 5.91 Å². The summed E-state index contributed by atoms with van der Waals surface area (Å²) in [5.41, 5.74) is 0.199. The lowest BCUT2D eigenvalue weighted by atomic mass is 9.76. The van der Waals surface area contributed by atoms with E-state index in [2.05, 4.69) is 22.2 Å². The van der Waals surface area contributed by atoms with Crippen molar-refractivity contribution in [3.05, 3.63) is 59.4 Å². The standard InChI is InChI=1S/C21H25N3O4S/c1-14-11-16(12-14)19-22-13-18(20(25)23-15(2)9-10-29(3,26)27)21(24-19)28-17-7-5-4-6-8-17/h4-10,13-16H,11-12H2,1-3H3,(H,23,25)/b10-9+/t14-,15-,16+/m0/s1. The van der Waals surface area contributed by atoms with Gasteiger partial charge in [0.15, 0.2) is 9.84 Å². The maximum Gasteiger partial charge on any atom is 0.258 e. The van der Waals surface area contributed by atoms with Crippen LogP contribution in [-0.2, 0) is 9.84 Å². The second-order valence-corrected chi connectivity index (χ2v) is 9.49. The quantitative estimate of drug-likeness (QED) is 0.744. The highest BCUT2D eigenvalue weighted by atomic mass is 32.2. The summed E-state index contributed by atoms with van der Waals surface area (Å²) < 4.78 is 28.4. The second kappa shape index (κ2) is 8.73. The summed E-state index contributed by atoms with van der Waals surface area (Å²) in [7, 11) is -3.27. The van der Waals surface area contributed by atoms with Crippen LogP contribution in [0.25, 0.3) is 0 Å². The number of benzene rings is 1. The molecule has 0 radical (unpaired) electrons. The second-order valence-electron chi connectivity index (χ2n) is 7.56. The minimum atomic E-state index is -3.27. The molecule has 1 atom stereocenters. The van der Waals surface area contributed by atoms with Crippen LogP contribution in [0.2, 0.25) is 0 Å². The van der Waals surface area contributed by atoms with Crippen molar-refractivity contribution in [2.45, 2.75) is 38.6 Å². The molecule has 3 rings (SSSR count). The first kappa shape index (κ1) is 21.0. The molecule has 29 heavy (non-hydrogen) atoms. The molecule has 154 valence electrons. The Bertz CT molecular complexity index is 1000. The summed E-state index contributed by atoms with van der Waals surface area (Å²) in [4.78, 5) is 21.7. The first-order valence-electron chi connectivity index (χ1n) is 9.50. The van der Waals surface area contributed by atoms with Gasteiger partial charge in [-0.05, 0) is 37.8 Å². The van der Waals surface area contributed by atoms with Gasteiger partial charge in [-0.1, -0.05) is 31.2 Å². The van der Waals surface area contributed by atoms with Gasteiger partial charge in [-0.15, -0.1) is 0 Å². The molecule has 1 heterocycles. The van der Waals surface area contributed by atoms with Gasteiger partial charge in [0.2, 0.25) is 5.88 Å². The number of ether oxygens (including phenoxy) is 1. The van der Waals surface area contributed by atoms with Crippen LogP contribution in [0.4, 0.5) is 0 Å². The summed E-state index contributed by atoms with van der Waals surface area (Å²) in [6.07, 6.45) is 6.02. The largest absolute Gasteiger partial charge is 0.438 e. The number of hydrogen-bond acceptors (Lipinski definition) is 6. The SMILES string of the molecule is C[C@@H](/C=C/S(C)(=O)=O)NC(=O)c1cnc([C@H]2C[C@@H](C)C2)nc1Oc1ccccc1. The lowest BCUT2D eigenvalue weighted by molar-refractivity contribution is 0.0943. The molecule has 0 aliphatic heterocycles. The number of carbonyl (C=O) groups is 1. The van der Waals surface area contributed by atoms with Crippen molar-refractivity contribution in [1.82, 2.24) is 15.3 Å². The van der Waals surface area contributed by atoms with E-state index in [1.807, 2.05) is 18.2 Å². The fourth-order valence-corrected chi connectivity index (χ4v) is 3.64. The zero-order valence-corrected chi connectivity index (χ0v) is 17.5. The third kappa shape index (κ3) is 5.87. The van der Waals surface area contributed by atoms with E-state index in [1.54, 1.807) is 19.1 Å². The van der Waals surface area contributed by atoms with E-state index in [0.717, 1.165) is 24.5 Å². The number of nitrogens with one attached hydrogen (secondary N) is 1. The van der Waals surface area contributed by atoms with Gasteiger partial charge in [0.05, 0.1) is 0 Å². The van der Waals surface area contributed by atoms with Crippen LogP contribution >= 0.6 is 0 Å². The molecule has 1 amide bonds. The Hall–Kier alpha value is -2.74. The number of hydrogen-bond donors (Lipinski definition) is 1. The number of aromatic nitrogens is 2. The van der Waals surface area contributed by atoms with Gasteiger partial charge in [0, 0.05) is 29.8 Å². The molecule has 1 N–H and O–H groups in total. The van der Waals surface area contributed by atoms with Crippen molar-refractivity contribution in [3.8, 4) is 11.6 Å². The van der Waals surface area contributed by atoms with Crippen molar-refractivity contribution in [2.75, 3.05) is 6.26 Å². The fourth-order valence-electron chi connectivity index (χ4n) is 3.12. The number of rotatable bonds is 7. The van der Waals surface area contributed by atoms with Crippen LogP contribution in [0.15, 0.2) is 48.0 Å². The van der Waals surface area contributed by atoms with Crippen LogP contribution in [-0.4, -0.2) is 36.6 Å². The van der Waals surface area contributed by atoms with Crippen molar-refractivity contribution in [2.24, 2.45) is 5.92 Å². The molecule has 2 aromatic rings. The Morgan fingerprint density at radius 3 is 2.59 bits per heavy atom.